The van der Waals surface area contributed by atoms with E-state index in [1.54, 1.807) is 34.5 Å². The average Bonchev–Trinajstić information content (AvgIpc) is 3.87. The number of hydrogen-bond donors (Lipinski definition) is 0. The summed E-state index contributed by atoms with van der Waals surface area (Å²) in [5.41, 5.74) is 4.03. The van der Waals surface area contributed by atoms with E-state index in [0.29, 0.717) is 34.9 Å². The lowest BCUT2D eigenvalue weighted by Gasteiger charge is -2.37. The minimum Gasteiger partial charge on any atom is -0.491 e. The lowest BCUT2D eigenvalue weighted by atomic mass is 10.1. The van der Waals surface area contributed by atoms with Crippen LogP contribution < -0.4 is 19.3 Å². The molecule has 10 nitrogen and oxygen atoms in total. The van der Waals surface area contributed by atoms with Crippen LogP contribution in [0.3, 0.4) is 0 Å². The lowest BCUT2D eigenvalue weighted by Crippen LogP contribution is -2.46. The zero-order chi connectivity index (χ0) is 33.1. The maximum Gasteiger partial charge on any atom is 0.217 e. The molecule has 5 aromatic rings. The Balaban J connectivity index is 0.943. The summed E-state index contributed by atoms with van der Waals surface area (Å²) < 4.78 is 22.8. The van der Waals surface area contributed by atoms with Crippen LogP contribution in [0.2, 0.25) is 10.0 Å². The van der Waals surface area contributed by atoms with Gasteiger partial charge in [0.05, 0.1) is 17.3 Å². The number of halogens is 2. The molecule has 2 aromatic heterocycles. The summed E-state index contributed by atoms with van der Waals surface area (Å²) in [5, 5.41) is 7.32. The van der Waals surface area contributed by atoms with E-state index in [4.69, 9.17) is 42.4 Å². The fourth-order valence-corrected chi connectivity index (χ4v) is 7.49. The second-order valence-electron chi connectivity index (χ2n) is 12.1. The van der Waals surface area contributed by atoms with E-state index in [9.17, 15) is 0 Å². The molecule has 0 amide bonds. The van der Waals surface area contributed by atoms with Gasteiger partial charge in [0.15, 0.2) is 4.80 Å². The van der Waals surface area contributed by atoms with Gasteiger partial charge in [-0.25, -0.2) is 14.7 Å². The number of thiazole rings is 1. The van der Waals surface area contributed by atoms with E-state index in [-0.39, 0.29) is 12.6 Å². The Morgan fingerprint density at radius 1 is 1.00 bits per heavy atom. The van der Waals surface area contributed by atoms with Crippen LogP contribution in [0.25, 0.3) is 0 Å². The molecule has 0 bridgehead atoms. The fourth-order valence-electron chi connectivity index (χ4n) is 6.08. The van der Waals surface area contributed by atoms with Crippen LogP contribution in [-0.2, 0) is 21.8 Å². The van der Waals surface area contributed by atoms with Gasteiger partial charge in [0.25, 0.3) is 0 Å². The molecule has 0 N–H and O–H groups in total. The highest BCUT2D eigenvalue weighted by Crippen LogP contribution is 2.40. The first-order valence-electron chi connectivity index (χ1n) is 16.0. The van der Waals surface area contributed by atoms with Crippen LogP contribution in [0.4, 0.5) is 17.1 Å². The number of rotatable bonds is 10. The summed E-state index contributed by atoms with van der Waals surface area (Å²) in [6.07, 6.45) is 4.87. The molecule has 2 unspecified atom stereocenters. The van der Waals surface area contributed by atoms with Gasteiger partial charge in [-0.3, -0.25) is 0 Å². The van der Waals surface area contributed by atoms with Crippen molar-refractivity contribution >= 4 is 51.6 Å². The van der Waals surface area contributed by atoms with Crippen molar-refractivity contribution in [3.05, 3.63) is 111 Å². The van der Waals surface area contributed by atoms with E-state index in [0.717, 1.165) is 42.4 Å². The monoisotopic (exact) mass is 705 g/mol. The van der Waals surface area contributed by atoms with Gasteiger partial charge in [-0.1, -0.05) is 35.3 Å². The molecule has 2 fully saturated rings. The third kappa shape index (κ3) is 7.25. The Hall–Kier alpha value is -3.87. The SMILES string of the molecule is CC(C)n1ccsc1=Nc1cccc(N2CCN(c3ccc(OCC4COC(Cn5cncn5)(c5ccc(Cl)cc5Cl)O4)cc3)CC2)c1. The fraction of sp³-hybridized carbons (Fsp3) is 0.343. The molecule has 0 radical (unpaired) electrons. The molecule has 7 rings (SSSR count). The number of piperazine rings is 1. The maximum absolute atomic E-state index is 6.59. The van der Waals surface area contributed by atoms with Crippen LogP contribution in [0.15, 0.2) is 96.0 Å². The molecule has 2 saturated heterocycles. The lowest BCUT2D eigenvalue weighted by molar-refractivity contribution is -0.190. The molecule has 4 heterocycles. The van der Waals surface area contributed by atoms with Gasteiger partial charge in [-0.15, -0.1) is 11.3 Å². The Morgan fingerprint density at radius 2 is 1.79 bits per heavy atom. The quantitative estimate of drug-likeness (QED) is 0.156. The van der Waals surface area contributed by atoms with Gasteiger partial charge in [0.1, 0.15) is 37.7 Å². The molecule has 48 heavy (non-hydrogen) atoms. The molecule has 0 spiro atoms. The zero-order valence-electron chi connectivity index (χ0n) is 26.8. The number of benzene rings is 3. The standard InChI is InChI=1S/C35H37Cl2N7O3S/c1-25(2)44-16-17-48-34(44)40-27-4-3-5-29(19-27)42-14-12-41(13-15-42)28-7-9-30(10-8-28)45-20-31-21-46-35(47-31,22-43-24-38-23-39-43)32-11-6-26(36)18-33(32)37/h3-11,16-19,23-25,31H,12-15,20-22H2,1-2H3. The van der Waals surface area contributed by atoms with E-state index < -0.39 is 5.79 Å². The molecule has 13 heteroatoms. The zero-order valence-corrected chi connectivity index (χ0v) is 29.1. The minimum absolute atomic E-state index is 0.279. The minimum atomic E-state index is -1.15. The first-order chi connectivity index (χ1) is 23.3. The van der Waals surface area contributed by atoms with Crippen LogP contribution in [0, 0.1) is 0 Å². The predicted octanol–water partition coefficient (Wildman–Crippen LogP) is 6.94. The van der Waals surface area contributed by atoms with E-state index >= 15 is 0 Å². The van der Waals surface area contributed by atoms with Crippen molar-refractivity contribution < 1.29 is 14.2 Å². The van der Waals surface area contributed by atoms with Crippen LogP contribution >= 0.6 is 34.5 Å². The molecule has 2 aliphatic heterocycles. The highest BCUT2D eigenvalue weighted by atomic mass is 35.5. The summed E-state index contributed by atoms with van der Waals surface area (Å²) in [7, 11) is 0. The smallest absolute Gasteiger partial charge is 0.217 e. The van der Waals surface area contributed by atoms with Crippen molar-refractivity contribution in [3.8, 4) is 5.75 Å². The van der Waals surface area contributed by atoms with Gasteiger partial charge in [0, 0.05) is 65.8 Å². The number of anilines is 2. The molecule has 250 valence electrons. The molecule has 3 aromatic carbocycles. The van der Waals surface area contributed by atoms with Gasteiger partial charge in [0.2, 0.25) is 5.79 Å². The molecule has 2 atom stereocenters. The van der Waals surface area contributed by atoms with Crippen molar-refractivity contribution in [1.29, 1.82) is 0 Å². The Labute approximate surface area is 293 Å². The van der Waals surface area contributed by atoms with Crippen LogP contribution in [-0.4, -0.2) is 64.8 Å². The molecule has 0 aliphatic carbocycles. The van der Waals surface area contributed by atoms with Crippen LogP contribution in [0.1, 0.15) is 25.5 Å². The summed E-state index contributed by atoms with van der Waals surface area (Å²) >= 11 is 14.4. The predicted molar refractivity (Wildman–Crippen MR) is 190 cm³/mol. The van der Waals surface area contributed by atoms with Crippen molar-refractivity contribution in [2.24, 2.45) is 4.99 Å². The van der Waals surface area contributed by atoms with E-state index in [1.807, 2.05) is 18.2 Å². The van der Waals surface area contributed by atoms with Crippen molar-refractivity contribution in [1.82, 2.24) is 19.3 Å². The third-order valence-electron chi connectivity index (χ3n) is 8.55. The van der Waals surface area contributed by atoms with Gasteiger partial charge in [-0.2, -0.15) is 5.10 Å². The van der Waals surface area contributed by atoms with Gasteiger partial charge >= 0.3 is 0 Å². The topological polar surface area (TPSA) is 82.2 Å². The molecular weight excluding hydrogens is 669 g/mol. The first-order valence-corrected chi connectivity index (χ1v) is 17.6. The summed E-state index contributed by atoms with van der Waals surface area (Å²) in [6, 6.07) is 22.4. The second kappa shape index (κ2) is 14.3. The number of hydrogen-bond acceptors (Lipinski definition) is 9. The third-order valence-corrected chi connectivity index (χ3v) is 9.87. The van der Waals surface area contributed by atoms with Crippen molar-refractivity contribution in [3.63, 3.8) is 0 Å². The number of ether oxygens (including phenoxy) is 3. The number of aromatic nitrogens is 4. The Bertz CT molecular complexity index is 1890. The van der Waals surface area contributed by atoms with Crippen LogP contribution in [0.5, 0.6) is 5.75 Å². The molecule has 2 aliphatic rings. The van der Waals surface area contributed by atoms with E-state index in [2.05, 4.69) is 86.3 Å². The second-order valence-corrected chi connectivity index (χ2v) is 13.8. The Kier molecular flexibility index (Phi) is 9.74. The maximum atomic E-state index is 6.59. The van der Waals surface area contributed by atoms with E-state index in [1.165, 1.54) is 17.7 Å². The van der Waals surface area contributed by atoms with Crippen molar-refractivity contribution in [2.45, 2.75) is 38.3 Å². The van der Waals surface area contributed by atoms with Crippen molar-refractivity contribution in [2.75, 3.05) is 49.2 Å². The summed E-state index contributed by atoms with van der Waals surface area (Å²) in [4.78, 5) is 14.8. The average molecular weight is 707 g/mol. The summed E-state index contributed by atoms with van der Waals surface area (Å²) in [6.45, 7) is 8.99. The molecule has 0 saturated carbocycles. The summed E-state index contributed by atoms with van der Waals surface area (Å²) in [5.74, 6) is -0.379. The first kappa shape index (κ1) is 32.7. The highest BCUT2D eigenvalue weighted by molar-refractivity contribution is 7.07. The van der Waals surface area contributed by atoms with Gasteiger partial charge in [-0.05, 0) is 68.4 Å². The Morgan fingerprint density at radius 3 is 2.52 bits per heavy atom. The van der Waals surface area contributed by atoms with Gasteiger partial charge < -0.3 is 28.6 Å². The largest absolute Gasteiger partial charge is 0.491 e. The number of nitrogens with zero attached hydrogens (tertiary/aromatic N) is 7. The molecular formula is C35H37Cl2N7O3S. The highest BCUT2D eigenvalue weighted by Gasteiger charge is 2.45. The normalized spacial score (nSPS) is 20.2.